The van der Waals surface area contributed by atoms with Gasteiger partial charge in [0.2, 0.25) is 5.60 Å². The van der Waals surface area contributed by atoms with Crippen LogP contribution in [0.4, 0.5) is 5.13 Å². The van der Waals surface area contributed by atoms with Gasteiger partial charge in [-0.25, -0.2) is 19.6 Å². The lowest BCUT2D eigenvalue weighted by Crippen LogP contribution is -2.71. The molecule has 2 unspecified atom stereocenters. The van der Waals surface area contributed by atoms with Gasteiger partial charge in [0.25, 0.3) is 11.8 Å². The maximum atomic E-state index is 13.3. The number of β-lactam (4-membered cyclic amide) rings is 1. The van der Waals surface area contributed by atoms with Gasteiger partial charge in [-0.2, -0.15) is 0 Å². The van der Waals surface area contributed by atoms with E-state index in [-0.39, 0.29) is 40.8 Å². The summed E-state index contributed by atoms with van der Waals surface area (Å²) in [4.78, 5) is 67.4. The highest BCUT2D eigenvalue weighted by atomic mass is 32.2. The van der Waals surface area contributed by atoms with Crippen molar-refractivity contribution in [3.8, 4) is 0 Å². The molecule has 0 saturated carbocycles. The van der Waals surface area contributed by atoms with Gasteiger partial charge in [-0.15, -0.1) is 23.1 Å². The number of thioether (sulfide) groups is 1. The first-order valence-electron chi connectivity index (χ1n) is 13.6. The van der Waals surface area contributed by atoms with Crippen LogP contribution in [-0.4, -0.2) is 95.8 Å². The minimum Gasteiger partial charge on any atom is -0.478 e. The number of aromatic nitrogens is 1. The molecule has 234 valence electrons. The zero-order valence-electron chi connectivity index (χ0n) is 24.2. The molecule has 3 atom stereocenters. The monoisotopic (exact) mass is 645 g/mol. The van der Waals surface area contributed by atoms with Crippen LogP contribution < -0.4 is 11.1 Å². The van der Waals surface area contributed by atoms with E-state index in [0.717, 1.165) is 22.7 Å². The fourth-order valence-electron chi connectivity index (χ4n) is 4.71. The topological polar surface area (TPSA) is 209 Å². The zero-order chi connectivity index (χ0) is 31.9. The standard InChI is InChI=1S/C27H31N7O8S2/c1-12(2)8-16-30-20-15(41-16)6-5-7-33(20)9-13-10-43-23-18(22(36)34(23)19(13)24(37)38)31-21(35)17(14-11-44-26(28)29-14)32-42-27(3,4)25(39)40/h5-7,11-12,16,18,23H,8-10H2,1-4H3,(H2,28,29)(H,31,35)(H,37,38)(H,39,40)/b32-17-/t16?,18?,23-/m1/s1. The van der Waals surface area contributed by atoms with Crippen molar-refractivity contribution in [3.05, 3.63) is 46.5 Å². The van der Waals surface area contributed by atoms with Crippen molar-refractivity contribution in [1.29, 1.82) is 0 Å². The summed E-state index contributed by atoms with van der Waals surface area (Å²) in [6.07, 6.45) is 5.80. The second kappa shape index (κ2) is 12.0. The molecule has 0 radical (unpaired) electrons. The van der Waals surface area contributed by atoms with Gasteiger partial charge >= 0.3 is 11.9 Å². The maximum Gasteiger partial charge on any atom is 0.352 e. The Labute approximate surface area is 260 Å². The van der Waals surface area contributed by atoms with E-state index in [1.165, 1.54) is 31.0 Å². The van der Waals surface area contributed by atoms with Crippen LogP contribution in [0.2, 0.25) is 0 Å². The molecule has 15 nitrogen and oxygen atoms in total. The number of rotatable bonds is 11. The molecule has 0 bridgehead atoms. The molecule has 5 N–H and O–H groups in total. The molecule has 1 aromatic heterocycles. The number of nitrogen functional groups attached to an aromatic ring is 1. The first kappa shape index (κ1) is 31.1. The molecule has 1 saturated heterocycles. The third-order valence-electron chi connectivity index (χ3n) is 6.97. The number of fused-ring (bicyclic) bond motifs is 2. The van der Waals surface area contributed by atoms with Crippen molar-refractivity contribution in [1.82, 2.24) is 20.1 Å². The number of aliphatic carboxylic acids is 2. The summed E-state index contributed by atoms with van der Waals surface area (Å²) in [6, 6.07) is -1.08. The summed E-state index contributed by atoms with van der Waals surface area (Å²) in [5, 5.41) is 26.7. The fourth-order valence-corrected chi connectivity index (χ4v) is 6.59. The third kappa shape index (κ3) is 6.01. The average Bonchev–Trinajstić information content (AvgIpc) is 3.56. The summed E-state index contributed by atoms with van der Waals surface area (Å²) < 4.78 is 5.95. The van der Waals surface area contributed by atoms with E-state index < -0.39 is 40.8 Å². The number of thiazole rings is 1. The van der Waals surface area contributed by atoms with E-state index in [9.17, 15) is 29.4 Å². The van der Waals surface area contributed by atoms with E-state index in [2.05, 4.69) is 34.3 Å². The number of amides is 2. The fraction of sp³-hybridized carbons (Fsp3) is 0.444. The number of hydrogen-bond donors (Lipinski definition) is 4. The normalized spacial score (nSPS) is 23.0. The van der Waals surface area contributed by atoms with E-state index in [4.69, 9.17) is 15.3 Å². The third-order valence-corrected chi connectivity index (χ3v) is 8.98. The van der Waals surface area contributed by atoms with E-state index in [1.54, 1.807) is 17.2 Å². The maximum absolute atomic E-state index is 13.3. The van der Waals surface area contributed by atoms with Gasteiger partial charge in [0.15, 0.2) is 28.7 Å². The molecular weight excluding hydrogens is 614 g/mol. The number of carboxylic acids is 2. The Morgan fingerprint density at radius 2 is 2.07 bits per heavy atom. The number of nitrogens with one attached hydrogen (secondary N) is 1. The highest BCUT2D eigenvalue weighted by Crippen LogP contribution is 2.41. The molecule has 4 aliphatic heterocycles. The predicted molar refractivity (Wildman–Crippen MR) is 161 cm³/mol. The number of ether oxygens (including phenoxy) is 1. The molecular formula is C27H31N7O8S2. The van der Waals surface area contributed by atoms with Gasteiger partial charge in [0.1, 0.15) is 22.8 Å². The molecule has 4 aliphatic rings. The first-order valence-corrected chi connectivity index (χ1v) is 15.5. The van der Waals surface area contributed by atoms with Crippen LogP contribution in [0.1, 0.15) is 39.8 Å². The number of anilines is 1. The SMILES string of the molecule is CC(C)CC1N=C2C(=CC=CN2CC2=C(C(=O)O)N3C(=O)C(NC(=O)/C(=N\OC(C)(C)C(=O)O)c4csc(N)n4)[C@H]3SC2)O1. The number of allylic oxidation sites excluding steroid dienone is 2. The Hall–Kier alpha value is -4.38. The van der Waals surface area contributed by atoms with Crippen molar-refractivity contribution >= 4 is 63.5 Å². The Balaban J connectivity index is 1.34. The van der Waals surface area contributed by atoms with Crippen LogP contribution in [0.25, 0.3) is 0 Å². The van der Waals surface area contributed by atoms with Crippen molar-refractivity contribution in [2.75, 3.05) is 18.0 Å². The van der Waals surface area contributed by atoms with E-state index >= 15 is 0 Å². The first-order chi connectivity index (χ1) is 20.8. The van der Waals surface area contributed by atoms with Crippen molar-refractivity contribution in [2.24, 2.45) is 16.1 Å². The molecule has 1 fully saturated rings. The van der Waals surface area contributed by atoms with Crippen molar-refractivity contribution < 1.29 is 39.0 Å². The summed E-state index contributed by atoms with van der Waals surface area (Å²) in [5.41, 5.74) is 3.93. The second-order valence-corrected chi connectivity index (χ2v) is 13.2. The molecule has 0 aromatic carbocycles. The summed E-state index contributed by atoms with van der Waals surface area (Å²) in [5.74, 6) is -2.23. The Morgan fingerprint density at radius 3 is 2.70 bits per heavy atom. The lowest BCUT2D eigenvalue weighted by molar-refractivity contribution is -0.161. The largest absolute Gasteiger partial charge is 0.478 e. The van der Waals surface area contributed by atoms with Crippen molar-refractivity contribution in [3.63, 3.8) is 0 Å². The molecule has 0 aliphatic carbocycles. The lowest BCUT2D eigenvalue weighted by atomic mass is 10.0. The molecule has 44 heavy (non-hydrogen) atoms. The number of carboxylic acid groups (broad SMARTS) is 2. The molecule has 1 aromatic rings. The van der Waals surface area contributed by atoms with Crippen LogP contribution in [-0.2, 0) is 28.8 Å². The predicted octanol–water partition coefficient (Wildman–Crippen LogP) is 1.56. The van der Waals surface area contributed by atoms with Crippen LogP contribution in [0.5, 0.6) is 0 Å². The van der Waals surface area contributed by atoms with Gasteiger partial charge in [0, 0.05) is 30.3 Å². The van der Waals surface area contributed by atoms with E-state index in [1.807, 2.05) is 6.08 Å². The average molecular weight is 646 g/mol. The molecule has 0 spiro atoms. The lowest BCUT2D eigenvalue weighted by Gasteiger charge is -2.49. The minimum absolute atomic E-state index is 0.0250. The molecule has 2 amide bonds. The summed E-state index contributed by atoms with van der Waals surface area (Å²) >= 11 is 2.33. The van der Waals surface area contributed by atoms with Gasteiger partial charge in [0.05, 0.1) is 0 Å². The number of hydrogen-bond acceptors (Lipinski definition) is 13. The van der Waals surface area contributed by atoms with Crippen LogP contribution in [0.15, 0.2) is 50.9 Å². The second-order valence-electron chi connectivity index (χ2n) is 11.2. The highest BCUT2D eigenvalue weighted by Gasteiger charge is 2.54. The Morgan fingerprint density at radius 1 is 1.32 bits per heavy atom. The van der Waals surface area contributed by atoms with Gasteiger partial charge in [-0.05, 0) is 37.5 Å². The van der Waals surface area contributed by atoms with Gasteiger partial charge in [-0.1, -0.05) is 19.0 Å². The minimum atomic E-state index is -1.77. The number of carbonyl (C=O) groups excluding carboxylic acids is 2. The smallest absolute Gasteiger partial charge is 0.352 e. The molecule has 17 heteroatoms. The quantitative estimate of drug-likeness (QED) is 0.154. The number of carbonyl (C=O) groups is 4. The summed E-state index contributed by atoms with van der Waals surface area (Å²) in [6.45, 7) is 6.82. The number of nitrogens with two attached hydrogens (primary N) is 1. The number of amidine groups is 1. The van der Waals surface area contributed by atoms with Crippen LogP contribution in [0.3, 0.4) is 0 Å². The zero-order valence-corrected chi connectivity index (χ0v) is 25.8. The number of oxime groups is 1. The highest BCUT2D eigenvalue weighted by molar-refractivity contribution is 8.00. The van der Waals surface area contributed by atoms with Crippen LogP contribution >= 0.6 is 23.1 Å². The van der Waals surface area contributed by atoms with E-state index in [0.29, 0.717) is 23.1 Å². The molecule has 5 rings (SSSR count). The summed E-state index contributed by atoms with van der Waals surface area (Å²) in [7, 11) is 0. The number of nitrogens with zero attached hydrogens (tertiary/aromatic N) is 5. The molecule has 5 heterocycles. The Kier molecular flexibility index (Phi) is 8.44. The van der Waals surface area contributed by atoms with Gasteiger partial charge < -0.3 is 35.7 Å². The number of aliphatic imine (C=N–C) groups is 1. The Bertz CT molecular complexity index is 1560. The van der Waals surface area contributed by atoms with Gasteiger partial charge in [-0.3, -0.25) is 14.5 Å². The van der Waals surface area contributed by atoms with Crippen LogP contribution in [0, 0.1) is 5.92 Å². The van der Waals surface area contributed by atoms with Crippen molar-refractivity contribution in [2.45, 2.75) is 57.4 Å².